The molecule has 0 bridgehead atoms. The summed E-state index contributed by atoms with van der Waals surface area (Å²) >= 11 is 7.36. The van der Waals surface area contributed by atoms with E-state index in [1.165, 1.54) is 5.56 Å². The summed E-state index contributed by atoms with van der Waals surface area (Å²) in [6.07, 6.45) is 2.09. The molecule has 1 heterocycles. The van der Waals surface area contributed by atoms with E-state index in [9.17, 15) is 5.11 Å². The van der Waals surface area contributed by atoms with Gasteiger partial charge in [0.15, 0.2) is 0 Å². The summed E-state index contributed by atoms with van der Waals surface area (Å²) in [6, 6.07) is 7.73. The molecule has 4 heteroatoms. The van der Waals surface area contributed by atoms with Crippen LogP contribution in [0.1, 0.15) is 28.5 Å². The molecule has 1 aromatic carbocycles. The van der Waals surface area contributed by atoms with E-state index >= 15 is 0 Å². The number of aliphatic hydroxyl groups excluding tert-OH is 1. The smallest absolute Gasteiger partial charge is 0.0972 e. The van der Waals surface area contributed by atoms with Gasteiger partial charge in [-0.1, -0.05) is 23.7 Å². The minimum atomic E-state index is -0.434. The third-order valence-corrected chi connectivity index (χ3v) is 3.67. The lowest BCUT2D eigenvalue weighted by atomic mass is 10.2. The Morgan fingerprint density at radius 3 is 2.62 bits per heavy atom. The lowest BCUT2D eigenvalue weighted by Gasteiger charge is -1.98. The molecule has 2 rings (SSSR count). The number of benzene rings is 1. The van der Waals surface area contributed by atoms with E-state index in [4.69, 9.17) is 11.6 Å². The number of rotatable bonds is 3. The van der Waals surface area contributed by atoms with Gasteiger partial charge in [-0.15, -0.1) is 11.3 Å². The molecule has 16 heavy (non-hydrogen) atoms. The van der Waals surface area contributed by atoms with Crippen molar-refractivity contribution in [3.8, 4) is 0 Å². The Balaban J connectivity index is 2.11. The molecule has 2 aromatic rings. The van der Waals surface area contributed by atoms with Crippen molar-refractivity contribution in [2.75, 3.05) is 0 Å². The Morgan fingerprint density at radius 2 is 2.06 bits per heavy atom. The van der Waals surface area contributed by atoms with Gasteiger partial charge in [0.05, 0.1) is 16.0 Å². The first-order valence-electron chi connectivity index (χ1n) is 5.02. The average Bonchev–Trinajstić information content (AvgIpc) is 2.70. The number of aliphatic hydroxyl groups is 1. The number of thiazole rings is 1. The Morgan fingerprint density at radius 1 is 1.38 bits per heavy atom. The maximum absolute atomic E-state index is 9.39. The van der Waals surface area contributed by atoms with Crippen molar-refractivity contribution in [3.05, 3.63) is 50.9 Å². The molecule has 2 nitrogen and oxygen atoms in total. The maximum Gasteiger partial charge on any atom is 0.0972 e. The largest absolute Gasteiger partial charge is 0.388 e. The van der Waals surface area contributed by atoms with Gasteiger partial charge in [-0.3, -0.25) is 0 Å². The molecule has 0 spiro atoms. The number of hydrogen-bond donors (Lipinski definition) is 1. The second kappa shape index (κ2) is 4.95. The van der Waals surface area contributed by atoms with Crippen LogP contribution in [0.3, 0.4) is 0 Å². The fraction of sp³-hybridized carbons (Fsp3) is 0.250. The van der Waals surface area contributed by atoms with E-state index in [-0.39, 0.29) is 0 Å². The van der Waals surface area contributed by atoms with Crippen LogP contribution in [0.25, 0.3) is 0 Å². The van der Waals surface area contributed by atoms with E-state index in [0.717, 1.165) is 21.3 Å². The van der Waals surface area contributed by atoms with Crippen LogP contribution in [0.5, 0.6) is 0 Å². The minimum absolute atomic E-state index is 0.434. The highest BCUT2D eigenvalue weighted by Gasteiger charge is 2.07. The summed E-state index contributed by atoms with van der Waals surface area (Å²) in [5.74, 6) is 0. The van der Waals surface area contributed by atoms with Crippen molar-refractivity contribution < 1.29 is 5.11 Å². The van der Waals surface area contributed by atoms with Gasteiger partial charge >= 0.3 is 0 Å². The molecule has 1 N–H and O–H groups in total. The molecule has 0 aliphatic rings. The first-order chi connectivity index (χ1) is 7.65. The minimum Gasteiger partial charge on any atom is -0.388 e. The third kappa shape index (κ3) is 2.82. The number of nitrogens with zero attached hydrogens (tertiary/aromatic N) is 1. The van der Waals surface area contributed by atoms with Crippen molar-refractivity contribution in [3.63, 3.8) is 0 Å². The van der Waals surface area contributed by atoms with Crippen LogP contribution in [0.2, 0.25) is 5.02 Å². The van der Waals surface area contributed by atoms with Crippen molar-refractivity contribution in [1.82, 2.24) is 4.98 Å². The molecular formula is C12H12ClNOS. The van der Waals surface area contributed by atoms with Crippen molar-refractivity contribution >= 4 is 22.9 Å². The van der Waals surface area contributed by atoms with E-state index in [2.05, 4.69) is 4.98 Å². The fourth-order valence-electron chi connectivity index (χ4n) is 1.38. The molecule has 1 unspecified atom stereocenters. The lowest BCUT2D eigenvalue weighted by Crippen LogP contribution is -1.85. The Kier molecular flexibility index (Phi) is 3.59. The summed E-state index contributed by atoms with van der Waals surface area (Å²) < 4.78 is 0. The molecule has 0 saturated heterocycles. The van der Waals surface area contributed by atoms with Gasteiger partial charge in [-0.05, 0) is 24.6 Å². The van der Waals surface area contributed by atoms with Crippen LogP contribution in [-0.2, 0) is 6.42 Å². The zero-order chi connectivity index (χ0) is 11.5. The van der Waals surface area contributed by atoms with E-state index < -0.39 is 6.10 Å². The third-order valence-electron chi connectivity index (χ3n) is 2.25. The Labute approximate surface area is 104 Å². The molecule has 0 saturated carbocycles. The van der Waals surface area contributed by atoms with Gasteiger partial charge in [-0.25, -0.2) is 4.98 Å². The lowest BCUT2D eigenvalue weighted by molar-refractivity contribution is 0.203. The molecule has 0 aliphatic heterocycles. The molecule has 1 aromatic heterocycles. The standard InChI is InChI=1S/C12H12ClNOS/c1-8(15)11-7-14-12(16-11)6-9-2-4-10(13)5-3-9/h2-5,7-8,15H,6H2,1H3. The zero-order valence-electron chi connectivity index (χ0n) is 8.85. The SMILES string of the molecule is CC(O)c1cnc(Cc2ccc(Cl)cc2)s1. The van der Waals surface area contributed by atoms with Gasteiger partial charge in [0.1, 0.15) is 0 Å². The van der Waals surface area contributed by atoms with Gasteiger partial charge in [0.2, 0.25) is 0 Å². The highest BCUT2D eigenvalue weighted by Crippen LogP contribution is 2.22. The summed E-state index contributed by atoms with van der Waals surface area (Å²) in [5, 5.41) is 11.1. The quantitative estimate of drug-likeness (QED) is 0.909. The maximum atomic E-state index is 9.39. The van der Waals surface area contributed by atoms with E-state index in [0.29, 0.717) is 0 Å². The number of hydrogen-bond acceptors (Lipinski definition) is 3. The normalized spacial score (nSPS) is 12.7. The Hall–Kier alpha value is -0.900. The molecular weight excluding hydrogens is 242 g/mol. The van der Waals surface area contributed by atoms with Crippen LogP contribution < -0.4 is 0 Å². The molecule has 84 valence electrons. The van der Waals surface area contributed by atoms with Crippen LogP contribution in [0.4, 0.5) is 0 Å². The second-order valence-electron chi connectivity index (χ2n) is 3.64. The zero-order valence-corrected chi connectivity index (χ0v) is 10.4. The predicted octanol–water partition coefficient (Wildman–Crippen LogP) is 3.44. The number of halogens is 1. The van der Waals surface area contributed by atoms with Gasteiger partial charge in [0.25, 0.3) is 0 Å². The van der Waals surface area contributed by atoms with Crippen LogP contribution in [0, 0.1) is 0 Å². The number of aromatic nitrogens is 1. The topological polar surface area (TPSA) is 33.1 Å². The van der Waals surface area contributed by atoms with Gasteiger partial charge in [0, 0.05) is 17.6 Å². The average molecular weight is 254 g/mol. The van der Waals surface area contributed by atoms with E-state index in [1.807, 2.05) is 24.3 Å². The highest BCUT2D eigenvalue weighted by molar-refractivity contribution is 7.11. The summed E-state index contributed by atoms with van der Waals surface area (Å²) in [6.45, 7) is 1.75. The van der Waals surface area contributed by atoms with Crippen LogP contribution >= 0.6 is 22.9 Å². The second-order valence-corrected chi connectivity index (χ2v) is 5.22. The first-order valence-corrected chi connectivity index (χ1v) is 6.21. The van der Waals surface area contributed by atoms with Crippen LogP contribution in [0.15, 0.2) is 30.5 Å². The van der Waals surface area contributed by atoms with Crippen LogP contribution in [-0.4, -0.2) is 10.1 Å². The van der Waals surface area contributed by atoms with Crippen molar-refractivity contribution in [2.24, 2.45) is 0 Å². The molecule has 0 aliphatic carbocycles. The molecule has 0 amide bonds. The van der Waals surface area contributed by atoms with Gasteiger partial charge in [-0.2, -0.15) is 0 Å². The van der Waals surface area contributed by atoms with Crippen molar-refractivity contribution in [1.29, 1.82) is 0 Å². The monoisotopic (exact) mass is 253 g/mol. The van der Waals surface area contributed by atoms with E-state index in [1.54, 1.807) is 24.5 Å². The molecule has 0 fully saturated rings. The Bertz CT molecular complexity index is 464. The first kappa shape index (κ1) is 11.6. The molecule has 0 radical (unpaired) electrons. The predicted molar refractivity (Wildman–Crippen MR) is 67.0 cm³/mol. The fourth-order valence-corrected chi connectivity index (χ4v) is 2.39. The molecule has 1 atom stereocenters. The summed E-state index contributed by atoms with van der Waals surface area (Å²) in [4.78, 5) is 5.19. The summed E-state index contributed by atoms with van der Waals surface area (Å²) in [5.41, 5.74) is 1.18. The summed E-state index contributed by atoms with van der Waals surface area (Å²) in [7, 11) is 0. The van der Waals surface area contributed by atoms with Gasteiger partial charge < -0.3 is 5.11 Å². The van der Waals surface area contributed by atoms with Crippen molar-refractivity contribution in [2.45, 2.75) is 19.4 Å². The highest BCUT2D eigenvalue weighted by atomic mass is 35.5.